The van der Waals surface area contributed by atoms with Gasteiger partial charge in [-0.2, -0.15) is 0 Å². The van der Waals surface area contributed by atoms with Gasteiger partial charge in [-0.05, 0) is 48.9 Å². The maximum Gasteiger partial charge on any atom is 0.123 e. The van der Waals surface area contributed by atoms with E-state index in [1.165, 1.54) is 11.1 Å². The molecule has 0 bridgehead atoms. The molecule has 2 rings (SSSR count). The average Bonchev–Trinajstić information content (AvgIpc) is 2.53. The molecule has 0 heterocycles. The van der Waals surface area contributed by atoms with Gasteiger partial charge in [0.05, 0.1) is 13.7 Å². The fourth-order valence-electron chi connectivity index (χ4n) is 2.25. The molecule has 1 N–H and O–H groups in total. The summed E-state index contributed by atoms with van der Waals surface area (Å²) in [5.41, 5.74) is 3.52. The molecule has 0 unspecified atom stereocenters. The monoisotopic (exact) mass is 285 g/mol. The van der Waals surface area contributed by atoms with E-state index in [1.807, 2.05) is 25.2 Å². The lowest BCUT2D eigenvalue weighted by Crippen LogP contribution is -2.06. The summed E-state index contributed by atoms with van der Waals surface area (Å²) in [5.74, 6) is 1.83. The number of methoxy groups -OCH3 is 1. The number of benzene rings is 2. The first-order valence-electron chi connectivity index (χ1n) is 7.33. The van der Waals surface area contributed by atoms with Crippen molar-refractivity contribution in [1.82, 2.24) is 5.32 Å². The number of ether oxygens (including phenoxy) is 2. The Morgan fingerprint density at radius 1 is 1.00 bits per heavy atom. The van der Waals surface area contributed by atoms with Gasteiger partial charge < -0.3 is 14.8 Å². The van der Waals surface area contributed by atoms with Crippen LogP contribution in [-0.2, 0) is 6.54 Å². The molecule has 21 heavy (non-hydrogen) atoms. The Morgan fingerprint density at radius 2 is 1.71 bits per heavy atom. The van der Waals surface area contributed by atoms with Crippen LogP contribution < -0.4 is 14.8 Å². The van der Waals surface area contributed by atoms with Gasteiger partial charge in [0.25, 0.3) is 0 Å². The van der Waals surface area contributed by atoms with Crippen LogP contribution in [0.15, 0.2) is 42.5 Å². The largest absolute Gasteiger partial charge is 0.496 e. The van der Waals surface area contributed by atoms with Crippen molar-refractivity contribution in [2.45, 2.75) is 19.9 Å². The molecule has 2 aromatic carbocycles. The molecule has 0 saturated heterocycles. The molecular formula is C18H23NO2. The number of rotatable bonds is 7. The molecule has 0 saturated carbocycles. The van der Waals surface area contributed by atoms with E-state index < -0.39 is 0 Å². The summed E-state index contributed by atoms with van der Waals surface area (Å²) in [7, 11) is 3.64. The Bertz CT molecular complexity index is 564. The van der Waals surface area contributed by atoms with Crippen molar-refractivity contribution >= 4 is 0 Å². The van der Waals surface area contributed by atoms with E-state index in [9.17, 15) is 0 Å². The second-order valence-corrected chi connectivity index (χ2v) is 4.93. The molecule has 0 spiro atoms. The van der Waals surface area contributed by atoms with Gasteiger partial charge in [0.15, 0.2) is 0 Å². The van der Waals surface area contributed by atoms with Crippen LogP contribution in [0.5, 0.6) is 11.5 Å². The molecule has 112 valence electrons. The summed E-state index contributed by atoms with van der Waals surface area (Å²) >= 11 is 0. The third kappa shape index (κ3) is 3.99. The Balaban J connectivity index is 2.22. The fraction of sp³-hybridized carbons (Fsp3) is 0.333. The van der Waals surface area contributed by atoms with Crippen LogP contribution in [0.2, 0.25) is 0 Å². The van der Waals surface area contributed by atoms with E-state index in [-0.39, 0.29) is 0 Å². The molecule has 3 nitrogen and oxygen atoms in total. The normalized spacial score (nSPS) is 10.4. The molecule has 2 aromatic rings. The van der Waals surface area contributed by atoms with Crippen LogP contribution in [0.1, 0.15) is 18.9 Å². The third-order valence-electron chi connectivity index (χ3n) is 3.31. The maximum atomic E-state index is 5.61. The van der Waals surface area contributed by atoms with Crippen molar-refractivity contribution in [2.24, 2.45) is 0 Å². The first kappa shape index (κ1) is 15.4. The zero-order valence-corrected chi connectivity index (χ0v) is 13.0. The predicted octanol–water partition coefficient (Wildman–Crippen LogP) is 3.87. The van der Waals surface area contributed by atoms with Crippen LogP contribution in [0, 0.1) is 0 Å². The first-order chi connectivity index (χ1) is 10.3. The van der Waals surface area contributed by atoms with E-state index >= 15 is 0 Å². The van der Waals surface area contributed by atoms with Gasteiger partial charge in [0.1, 0.15) is 11.5 Å². The van der Waals surface area contributed by atoms with Crippen molar-refractivity contribution in [2.75, 3.05) is 20.8 Å². The minimum absolute atomic E-state index is 0.758. The molecule has 0 atom stereocenters. The van der Waals surface area contributed by atoms with Crippen molar-refractivity contribution in [3.8, 4) is 22.6 Å². The Kier molecular flexibility index (Phi) is 5.64. The van der Waals surface area contributed by atoms with Crippen LogP contribution in [0.25, 0.3) is 11.1 Å². The molecule has 0 aliphatic heterocycles. The summed E-state index contributed by atoms with van der Waals surface area (Å²) < 4.78 is 11.0. The van der Waals surface area contributed by atoms with E-state index in [2.05, 4.69) is 36.5 Å². The highest BCUT2D eigenvalue weighted by atomic mass is 16.5. The van der Waals surface area contributed by atoms with Gasteiger partial charge in [0.2, 0.25) is 0 Å². The van der Waals surface area contributed by atoms with Crippen molar-refractivity contribution < 1.29 is 9.47 Å². The third-order valence-corrected chi connectivity index (χ3v) is 3.31. The number of hydrogen-bond acceptors (Lipinski definition) is 3. The lowest BCUT2D eigenvalue weighted by Gasteiger charge is -2.11. The summed E-state index contributed by atoms with van der Waals surface area (Å²) in [6.45, 7) is 3.65. The van der Waals surface area contributed by atoms with Crippen LogP contribution in [0.4, 0.5) is 0 Å². The lowest BCUT2D eigenvalue weighted by atomic mass is 10.0. The summed E-state index contributed by atoms with van der Waals surface area (Å²) in [4.78, 5) is 0. The number of hydrogen-bond donors (Lipinski definition) is 1. The maximum absolute atomic E-state index is 5.61. The van der Waals surface area contributed by atoms with E-state index in [4.69, 9.17) is 9.47 Å². The van der Waals surface area contributed by atoms with Crippen molar-refractivity contribution in [3.63, 3.8) is 0 Å². The molecule has 0 aliphatic rings. The fourth-order valence-corrected chi connectivity index (χ4v) is 2.25. The second-order valence-electron chi connectivity index (χ2n) is 4.93. The van der Waals surface area contributed by atoms with Gasteiger partial charge in [-0.15, -0.1) is 0 Å². The topological polar surface area (TPSA) is 30.5 Å². The summed E-state index contributed by atoms with van der Waals surface area (Å²) in [6.07, 6.45) is 1.02. The van der Waals surface area contributed by atoms with Gasteiger partial charge in [-0.1, -0.05) is 25.1 Å². The highest BCUT2D eigenvalue weighted by molar-refractivity contribution is 5.66. The number of nitrogens with one attached hydrogen (secondary N) is 1. The highest BCUT2D eigenvalue weighted by Gasteiger charge is 2.05. The predicted molar refractivity (Wildman–Crippen MR) is 87.0 cm³/mol. The van der Waals surface area contributed by atoms with E-state index in [0.717, 1.165) is 36.6 Å². The van der Waals surface area contributed by atoms with Crippen LogP contribution in [0.3, 0.4) is 0 Å². The average molecular weight is 285 g/mol. The SMILES string of the molecule is CCCOc1ccc(-c2ccc(OC)c(CNC)c2)cc1. The first-order valence-corrected chi connectivity index (χ1v) is 7.33. The van der Waals surface area contributed by atoms with Crippen molar-refractivity contribution in [3.05, 3.63) is 48.0 Å². The lowest BCUT2D eigenvalue weighted by molar-refractivity contribution is 0.317. The van der Waals surface area contributed by atoms with Crippen LogP contribution in [-0.4, -0.2) is 20.8 Å². The quantitative estimate of drug-likeness (QED) is 0.837. The van der Waals surface area contributed by atoms with Gasteiger partial charge in [-0.25, -0.2) is 0 Å². The molecule has 3 heteroatoms. The van der Waals surface area contributed by atoms with E-state index in [0.29, 0.717) is 0 Å². The van der Waals surface area contributed by atoms with Gasteiger partial charge in [0, 0.05) is 12.1 Å². The Labute approximate surface area is 126 Å². The summed E-state index contributed by atoms with van der Waals surface area (Å²) in [6, 6.07) is 14.5. The standard InChI is InChI=1S/C18H23NO2/c1-4-11-21-17-8-5-14(6-9-17)15-7-10-18(20-3)16(12-15)13-19-2/h5-10,12,19H,4,11,13H2,1-3H3. The molecule has 0 aromatic heterocycles. The Hall–Kier alpha value is -2.00. The molecular weight excluding hydrogens is 262 g/mol. The summed E-state index contributed by atoms with van der Waals surface area (Å²) in [5, 5.41) is 3.17. The molecule has 0 fully saturated rings. The zero-order chi connectivity index (χ0) is 15.1. The molecule has 0 radical (unpaired) electrons. The highest BCUT2D eigenvalue weighted by Crippen LogP contribution is 2.28. The van der Waals surface area contributed by atoms with Crippen molar-refractivity contribution in [1.29, 1.82) is 0 Å². The zero-order valence-electron chi connectivity index (χ0n) is 13.0. The van der Waals surface area contributed by atoms with Gasteiger partial charge in [-0.3, -0.25) is 0 Å². The molecule has 0 amide bonds. The smallest absolute Gasteiger partial charge is 0.123 e. The molecule has 0 aliphatic carbocycles. The Morgan fingerprint density at radius 3 is 2.33 bits per heavy atom. The van der Waals surface area contributed by atoms with E-state index in [1.54, 1.807) is 7.11 Å². The second kappa shape index (κ2) is 7.70. The minimum Gasteiger partial charge on any atom is -0.496 e. The minimum atomic E-state index is 0.758. The van der Waals surface area contributed by atoms with Crippen LogP contribution >= 0.6 is 0 Å². The van der Waals surface area contributed by atoms with Gasteiger partial charge >= 0.3 is 0 Å².